The van der Waals surface area contributed by atoms with Crippen LogP contribution in [0.15, 0.2) is 121 Å². The van der Waals surface area contributed by atoms with Crippen LogP contribution in [0.5, 0.6) is 23.0 Å². The molecule has 67 heavy (non-hydrogen) atoms. The molecule has 8 rings (SSSR count). The van der Waals surface area contributed by atoms with E-state index in [2.05, 4.69) is 9.97 Å². The molecule has 2 heterocycles. The van der Waals surface area contributed by atoms with E-state index in [0.29, 0.717) is 65.4 Å². The van der Waals surface area contributed by atoms with E-state index < -0.39 is 0 Å². The normalized spacial score (nSPS) is 10.7. The molecular weight excluding hydrogens is 962 g/mol. The first-order valence-corrected chi connectivity index (χ1v) is 22.3. The van der Waals surface area contributed by atoms with E-state index in [4.69, 9.17) is 72.2 Å². The number of hydrogen-bond donors (Lipinski definition) is 1. The number of ether oxygens (including phenoxy) is 3. The Kier molecular flexibility index (Phi) is 17.1. The van der Waals surface area contributed by atoms with Gasteiger partial charge in [-0.2, -0.15) is 0 Å². The Morgan fingerprint density at radius 1 is 0.522 bits per heavy atom. The smallest absolute Gasteiger partial charge is 0.229 e. The summed E-state index contributed by atoms with van der Waals surface area (Å²) >= 11 is 29.8. The largest absolute Gasteiger partial charge is 0.504 e. The van der Waals surface area contributed by atoms with Crippen LogP contribution >= 0.6 is 58.0 Å². The Bertz CT molecular complexity index is 3130. The molecule has 0 aliphatic rings. The van der Waals surface area contributed by atoms with Crippen molar-refractivity contribution in [1.29, 1.82) is 0 Å². The minimum Gasteiger partial charge on any atom is -0.504 e. The van der Waals surface area contributed by atoms with Gasteiger partial charge >= 0.3 is 0 Å². The summed E-state index contributed by atoms with van der Waals surface area (Å²) in [6.45, 7) is 6.27. The van der Waals surface area contributed by atoms with Gasteiger partial charge in [-0.15, -0.1) is 11.6 Å². The highest BCUT2D eigenvalue weighted by atomic mass is 35.5. The van der Waals surface area contributed by atoms with E-state index in [0.717, 1.165) is 22.2 Å². The van der Waals surface area contributed by atoms with E-state index in [-0.39, 0.29) is 60.6 Å². The first kappa shape index (κ1) is 50.0. The fourth-order valence-electron chi connectivity index (χ4n) is 6.58. The molecule has 0 aliphatic carbocycles. The molecule has 0 unspecified atom stereocenters. The molecule has 1 N–H and O–H groups in total. The lowest BCUT2D eigenvalue weighted by Crippen LogP contribution is -2.12. The van der Waals surface area contributed by atoms with Gasteiger partial charge < -0.3 is 19.3 Å². The number of carbonyl (C=O) groups excluding carboxylic acids is 4. The number of phenolic OH excluding ortho intramolecular Hbond substituents is 1. The van der Waals surface area contributed by atoms with Crippen LogP contribution in [0.2, 0.25) is 20.1 Å². The van der Waals surface area contributed by atoms with Crippen LogP contribution < -0.4 is 14.2 Å². The first-order chi connectivity index (χ1) is 32.0. The summed E-state index contributed by atoms with van der Waals surface area (Å²) in [5.41, 5.74) is 5.46. The van der Waals surface area contributed by atoms with Crippen LogP contribution in [0, 0.1) is 0 Å². The van der Waals surface area contributed by atoms with Crippen LogP contribution in [-0.2, 0) is 25.7 Å². The van der Waals surface area contributed by atoms with Gasteiger partial charge in [0.2, 0.25) is 11.8 Å². The Morgan fingerprint density at radius 2 is 0.970 bits per heavy atom. The summed E-state index contributed by atoms with van der Waals surface area (Å²) in [7, 11) is 0. The third-order valence-corrected chi connectivity index (χ3v) is 11.3. The molecule has 0 saturated carbocycles. The number of nitrogens with zero attached hydrogens (tertiary/aromatic N) is 4. The number of phenols is 1. The minimum atomic E-state index is -0.164. The zero-order chi connectivity index (χ0) is 48.4. The maximum atomic E-state index is 12.2. The second-order valence-corrected chi connectivity index (χ2v) is 16.6. The molecule has 8 aromatic rings. The van der Waals surface area contributed by atoms with Crippen molar-refractivity contribution in [2.45, 2.75) is 53.4 Å². The molecule has 2 aromatic heterocycles. The van der Waals surface area contributed by atoms with Crippen molar-refractivity contribution < 1.29 is 38.5 Å². The zero-order valence-corrected chi connectivity index (χ0v) is 40.1. The molecule has 0 fully saturated rings. The van der Waals surface area contributed by atoms with Crippen LogP contribution in [0.4, 0.5) is 0 Å². The molecule has 0 aliphatic heterocycles. The number of para-hydroxylation sites is 4. The molecule has 0 saturated heterocycles. The van der Waals surface area contributed by atoms with E-state index in [1.54, 1.807) is 65.2 Å². The standard InChI is InChI=1S/C25H20Cl2N2O4.C15H12Cl2O3.C10H9ClN2O/c1-15(30)17-8-10-23(24(11-17)32-13-18-7-9-19(26)12-20(18)27)33-14-25-28-21-5-3-4-6-22(21)29(25)16(2)31;1-9(18)10-3-5-14(19)15(6-10)20-8-11-2-4-12(16)7-13(11)17;1-7(14)13-9-5-3-2-4-8(9)12-10(13)6-11/h3-12H,13-14H2,1-2H3;2-7,19H,8H2,1H3;2-5H,6H2,1H3. The average Bonchev–Trinajstić information content (AvgIpc) is 3.87. The Hall–Kier alpha value is -6.41. The number of fused-ring (bicyclic) bond motifs is 2. The summed E-state index contributed by atoms with van der Waals surface area (Å²) in [6, 6.07) is 34.5. The van der Waals surface area contributed by atoms with Crippen molar-refractivity contribution >= 4 is 103 Å². The van der Waals surface area contributed by atoms with Gasteiger partial charge in [-0.1, -0.05) is 82.8 Å². The number of rotatable bonds is 12. The third-order valence-electron chi connectivity index (χ3n) is 9.88. The van der Waals surface area contributed by atoms with E-state index in [1.165, 1.54) is 44.4 Å². The second kappa shape index (κ2) is 22.9. The van der Waals surface area contributed by atoms with E-state index in [9.17, 15) is 24.3 Å². The second-order valence-electron chi connectivity index (χ2n) is 14.7. The number of ketones is 2. The number of imidazole rings is 2. The number of alkyl halides is 1. The molecular formula is C50H41Cl5N4O8. The highest BCUT2D eigenvalue weighted by Crippen LogP contribution is 2.33. The maximum Gasteiger partial charge on any atom is 0.229 e. The molecule has 0 amide bonds. The van der Waals surface area contributed by atoms with Crippen molar-refractivity contribution in [3.8, 4) is 23.0 Å². The summed E-state index contributed by atoms with van der Waals surface area (Å²) in [4.78, 5) is 55.6. The van der Waals surface area contributed by atoms with Crippen molar-refractivity contribution in [3.05, 3.63) is 175 Å². The monoisotopic (exact) mass is 1000 g/mol. The van der Waals surface area contributed by atoms with E-state index in [1.807, 2.05) is 48.5 Å². The van der Waals surface area contributed by atoms with Gasteiger partial charge in [-0.3, -0.25) is 28.3 Å². The molecule has 0 bridgehead atoms. The lowest BCUT2D eigenvalue weighted by Gasteiger charge is -2.15. The van der Waals surface area contributed by atoms with Crippen molar-refractivity contribution in [2.75, 3.05) is 0 Å². The molecule has 0 radical (unpaired) electrons. The Labute approximate surface area is 410 Å². The highest BCUT2D eigenvalue weighted by molar-refractivity contribution is 6.35. The predicted molar refractivity (Wildman–Crippen MR) is 262 cm³/mol. The number of benzene rings is 6. The molecule has 17 heteroatoms. The average molecular weight is 1000 g/mol. The van der Waals surface area contributed by atoms with Gasteiger partial charge in [-0.05, 0) is 98.8 Å². The maximum absolute atomic E-state index is 12.2. The fourth-order valence-corrected chi connectivity index (χ4v) is 7.68. The number of hydrogen-bond acceptors (Lipinski definition) is 10. The fraction of sp³-hybridized carbons (Fsp3) is 0.160. The van der Waals surface area contributed by atoms with Gasteiger partial charge in [0.05, 0.1) is 27.9 Å². The number of halogens is 5. The van der Waals surface area contributed by atoms with Crippen LogP contribution in [0.3, 0.4) is 0 Å². The number of aromatic nitrogens is 4. The minimum absolute atomic E-state index is 0.0277. The predicted octanol–water partition coefficient (Wildman–Crippen LogP) is 13.3. The summed E-state index contributed by atoms with van der Waals surface area (Å²) in [5, 5.41) is 11.7. The van der Waals surface area contributed by atoms with Gasteiger partial charge in [0.15, 0.2) is 40.4 Å². The molecule has 6 aromatic carbocycles. The van der Waals surface area contributed by atoms with Crippen molar-refractivity contribution in [1.82, 2.24) is 19.1 Å². The van der Waals surface area contributed by atoms with E-state index >= 15 is 0 Å². The molecule has 0 atom stereocenters. The molecule has 344 valence electrons. The summed E-state index contributed by atoms with van der Waals surface area (Å²) in [6.07, 6.45) is 0. The van der Waals surface area contributed by atoms with Crippen molar-refractivity contribution in [2.24, 2.45) is 0 Å². The quantitative estimate of drug-likeness (QED) is 0.0925. The van der Waals surface area contributed by atoms with Crippen LogP contribution in [0.25, 0.3) is 22.1 Å². The summed E-state index contributed by atoms with van der Waals surface area (Å²) < 4.78 is 20.5. The lowest BCUT2D eigenvalue weighted by atomic mass is 10.1. The lowest BCUT2D eigenvalue weighted by molar-refractivity contribution is 0.0926. The molecule has 0 spiro atoms. The van der Waals surface area contributed by atoms with Crippen LogP contribution in [-0.4, -0.2) is 47.6 Å². The third kappa shape index (κ3) is 12.7. The Balaban J connectivity index is 0.000000184. The highest BCUT2D eigenvalue weighted by Gasteiger charge is 2.17. The number of carbonyl (C=O) groups is 4. The van der Waals surface area contributed by atoms with Gasteiger partial charge in [0, 0.05) is 56.2 Å². The van der Waals surface area contributed by atoms with Gasteiger partial charge in [-0.25, -0.2) is 9.97 Å². The topological polar surface area (TPSA) is 152 Å². The number of aromatic hydroxyl groups is 1. The SMILES string of the molecule is CC(=O)c1ccc(O)c(OCc2ccc(Cl)cc2Cl)c1.CC(=O)c1ccc(OCc2nc3ccccc3n2C(C)=O)c(OCc2ccc(Cl)cc2Cl)c1.CC(=O)n1c(CCl)nc2ccccc21. The van der Waals surface area contributed by atoms with Gasteiger partial charge in [0.25, 0.3) is 0 Å². The van der Waals surface area contributed by atoms with Gasteiger partial charge in [0.1, 0.15) is 25.6 Å². The molecule has 12 nitrogen and oxygen atoms in total. The van der Waals surface area contributed by atoms with Crippen LogP contribution in [0.1, 0.15) is 80.8 Å². The number of Topliss-reactive ketones (excluding diaryl/α,β-unsaturated/α-hetero) is 2. The Morgan fingerprint density at radius 3 is 1.46 bits per heavy atom. The summed E-state index contributed by atoms with van der Waals surface area (Å²) in [5.74, 6) is 1.88. The van der Waals surface area contributed by atoms with Crippen molar-refractivity contribution in [3.63, 3.8) is 0 Å². The zero-order valence-electron chi connectivity index (χ0n) is 36.4. The first-order valence-electron chi connectivity index (χ1n) is 20.3.